The van der Waals surface area contributed by atoms with Crippen molar-refractivity contribution in [3.63, 3.8) is 0 Å². The maximum Gasteiger partial charge on any atom is 0.341 e. The zero-order chi connectivity index (χ0) is 36.9. The van der Waals surface area contributed by atoms with Crippen LogP contribution in [0.15, 0.2) is 102 Å². The topological polar surface area (TPSA) is 204 Å². The molecular weight excluding hydrogens is 660 g/mol. The van der Waals surface area contributed by atoms with E-state index in [0.717, 1.165) is 37.3 Å². The van der Waals surface area contributed by atoms with Gasteiger partial charge in [0.1, 0.15) is 29.1 Å². The Kier molecular flexibility index (Phi) is 16.5. The Morgan fingerprint density at radius 3 is 1.62 bits per heavy atom. The van der Waals surface area contributed by atoms with Gasteiger partial charge >= 0.3 is 5.97 Å². The Morgan fingerprint density at radius 1 is 0.740 bits per heavy atom. The number of aromatic nitrogens is 2. The van der Waals surface area contributed by atoms with Gasteiger partial charge in [0.05, 0.1) is 28.3 Å². The highest BCUT2D eigenvalue weighted by molar-refractivity contribution is 5.94. The van der Waals surface area contributed by atoms with E-state index in [4.69, 9.17) is 0 Å². The zero-order valence-electron chi connectivity index (χ0n) is 27.5. The number of hydrogen-bond donors (Lipinski definition) is 5. The fourth-order valence-electron chi connectivity index (χ4n) is 5.13. The molecule has 14 heteroatoms. The Bertz CT molecular complexity index is 1890. The minimum absolute atomic E-state index is 0. The highest BCUT2D eigenvalue weighted by Gasteiger charge is 2.52. The molecule has 0 aliphatic heterocycles. The average Bonchev–Trinajstić information content (AvgIpc) is 3.09. The van der Waals surface area contributed by atoms with Crippen LogP contribution in [0.5, 0.6) is 0 Å². The van der Waals surface area contributed by atoms with Gasteiger partial charge < -0.3 is 15.7 Å². The molecule has 5 aromatic rings. The molecule has 9 N–H and O–H groups in total. The van der Waals surface area contributed by atoms with E-state index in [1.807, 2.05) is 19.9 Å². The number of rotatable bonds is 7. The Morgan fingerprint density at radius 2 is 1.18 bits per heavy atom. The number of nitrogens with two attached hydrogens (primary N) is 2. The number of ketones is 1. The molecule has 4 aromatic carbocycles. The Balaban J connectivity index is 0.000000447. The third kappa shape index (κ3) is 9.12. The highest BCUT2D eigenvalue weighted by atomic mass is 19.1. The minimum Gasteiger partial charge on any atom is -0.479 e. The van der Waals surface area contributed by atoms with Crippen molar-refractivity contribution in [2.24, 2.45) is 11.7 Å². The fraction of sp³-hybridized carbons (Fsp3) is 0.167. The number of carbonyl (C=O) groups is 2. The van der Waals surface area contributed by atoms with Crippen molar-refractivity contribution in [3.05, 3.63) is 148 Å². The molecule has 0 aliphatic carbocycles. The predicted octanol–water partition coefficient (Wildman–Crippen LogP) is 5.32. The van der Waals surface area contributed by atoms with Crippen LogP contribution in [0.2, 0.25) is 0 Å². The highest BCUT2D eigenvalue weighted by Crippen LogP contribution is 2.40. The number of aliphatic carboxylic acids is 1. The van der Waals surface area contributed by atoms with Gasteiger partial charge in [-0.15, -0.1) is 0 Å². The second-order valence-corrected chi connectivity index (χ2v) is 9.97. The molecule has 266 valence electrons. The van der Waals surface area contributed by atoms with Crippen molar-refractivity contribution < 1.29 is 42.8 Å². The first kappa shape index (κ1) is 42.5. The average molecular weight is 699 g/mol. The van der Waals surface area contributed by atoms with Gasteiger partial charge in [0.25, 0.3) is 5.56 Å². The molecule has 2 unspecified atom stereocenters. The maximum absolute atomic E-state index is 14.1. The van der Waals surface area contributed by atoms with E-state index in [2.05, 4.69) is 21.9 Å². The van der Waals surface area contributed by atoms with Crippen molar-refractivity contribution in [2.75, 3.05) is 0 Å². The summed E-state index contributed by atoms with van der Waals surface area (Å²) in [7, 11) is 0. The SMILES string of the molecule is CC.CC(=O)C(c1ccccc1)C(O)(C(=O)O)c1c(F)cccc1F.Cc1n[nH]c(=O)c(-c2c(F)cccc2F)c1-c1ccccc1.NN.O. The van der Waals surface area contributed by atoms with Gasteiger partial charge in [-0.05, 0) is 49.2 Å². The number of nitrogens with one attached hydrogen (secondary N) is 1. The summed E-state index contributed by atoms with van der Waals surface area (Å²) < 4.78 is 56.4. The van der Waals surface area contributed by atoms with E-state index in [0.29, 0.717) is 16.8 Å². The summed E-state index contributed by atoms with van der Waals surface area (Å²) in [4.78, 5) is 36.0. The van der Waals surface area contributed by atoms with Gasteiger partial charge in [-0.1, -0.05) is 86.6 Å². The molecule has 0 amide bonds. The molecule has 0 spiro atoms. The lowest BCUT2D eigenvalue weighted by Gasteiger charge is -2.32. The second-order valence-electron chi connectivity index (χ2n) is 9.97. The molecule has 50 heavy (non-hydrogen) atoms. The monoisotopic (exact) mass is 698 g/mol. The van der Waals surface area contributed by atoms with Crippen molar-refractivity contribution in [3.8, 4) is 22.3 Å². The fourth-order valence-corrected chi connectivity index (χ4v) is 5.13. The number of aliphatic hydroxyl groups is 1. The van der Waals surface area contributed by atoms with E-state index in [-0.39, 0.29) is 22.2 Å². The Labute approximate surface area is 285 Å². The van der Waals surface area contributed by atoms with Crippen LogP contribution in [-0.4, -0.2) is 37.6 Å². The van der Waals surface area contributed by atoms with Gasteiger partial charge in [-0.2, -0.15) is 5.10 Å². The van der Waals surface area contributed by atoms with Crippen molar-refractivity contribution in [2.45, 2.75) is 39.2 Å². The van der Waals surface area contributed by atoms with Gasteiger partial charge in [0.2, 0.25) is 5.60 Å². The molecule has 0 aliphatic rings. The van der Waals surface area contributed by atoms with Gasteiger partial charge in [0.15, 0.2) is 0 Å². The van der Waals surface area contributed by atoms with Crippen LogP contribution in [-0.2, 0) is 15.2 Å². The molecule has 1 aromatic heterocycles. The number of Topliss-reactive ketones (excluding diaryl/α,β-unsaturated/α-hetero) is 1. The van der Waals surface area contributed by atoms with E-state index in [1.165, 1.54) is 30.3 Å². The number of halogens is 4. The summed E-state index contributed by atoms with van der Waals surface area (Å²) in [5.74, 6) is -0.349. The van der Waals surface area contributed by atoms with Crippen LogP contribution < -0.4 is 17.2 Å². The summed E-state index contributed by atoms with van der Waals surface area (Å²) in [6.45, 7) is 6.74. The maximum atomic E-state index is 14.1. The van der Waals surface area contributed by atoms with Gasteiger partial charge in [-0.3, -0.25) is 21.3 Å². The quantitative estimate of drug-likeness (QED) is 0.0853. The number of carboxylic acid groups (broad SMARTS) is 1. The number of aryl methyl sites for hydroxylation is 1. The number of carboxylic acids is 1. The summed E-state index contributed by atoms with van der Waals surface area (Å²) in [6.07, 6.45) is 0. The number of H-pyrrole nitrogens is 1. The van der Waals surface area contributed by atoms with Gasteiger partial charge in [-0.25, -0.2) is 27.5 Å². The molecular formula is C36H38F4N4O6. The third-order valence-corrected chi connectivity index (χ3v) is 7.07. The van der Waals surface area contributed by atoms with E-state index in [9.17, 15) is 42.2 Å². The molecule has 5 rings (SSSR count). The van der Waals surface area contributed by atoms with Crippen LogP contribution in [0.25, 0.3) is 22.3 Å². The van der Waals surface area contributed by atoms with Crippen LogP contribution in [0.4, 0.5) is 17.6 Å². The van der Waals surface area contributed by atoms with Crippen molar-refractivity contribution >= 4 is 11.8 Å². The van der Waals surface area contributed by atoms with Crippen LogP contribution in [0.3, 0.4) is 0 Å². The van der Waals surface area contributed by atoms with E-state index >= 15 is 0 Å². The zero-order valence-corrected chi connectivity index (χ0v) is 27.5. The summed E-state index contributed by atoms with van der Waals surface area (Å²) in [6, 6.07) is 22.7. The lowest BCUT2D eigenvalue weighted by atomic mass is 9.75. The van der Waals surface area contributed by atoms with Crippen molar-refractivity contribution in [1.29, 1.82) is 0 Å². The standard InChI is InChI=1S/C17H12F2N2O.C17H14F2O4.C2H6.H4N2.H2O/c1-10-14(11-6-3-2-4-7-11)16(17(22)21-20-10)15-12(18)8-5-9-13(15)19;1-10(20)14(11-6-3-2-4-7-11)17(23,16(21)22)15-12(18)8-5-9-13(15)19;2*1-2;/h2-9H,1H3,(H,21,22);2-9,14,23H,1H3,(H,21,22);1-2H3;1-2H2;1H2. The van der Waals surface area contributed by atoms with Crippen LogP contribution in [0.1, 0.15) is 43.5 Å². The molecule has 1 heterocycles. The van der Waals surface area contributed by atoms with Crippen LogP contribution in [0, 0.1) is 30.2 Å². The third-order valence-electron chi connectivity index (χ3n) is 7.07. The number of nitrogens with zero attached hydrogens (tertiary/aromatic N) is 1. The first-order valence-electron chi connectivity index (χ1n) is 14.8. The molecule has 2 atom stereocenters. The molecule has 0 bridgehead atoms. The molecule has 10 nitrogen and oxygen atoms in total. The van der Waals surface area contributed by atoms with E-state index < -0.39 is 57.7 Å². The number of hydrazine groups is 1. The molecule has 0 saturated carbocycles. The number of carbonyl (C=O) groups excluding carboxylic acids is 1. The molecule has 0 fully saturated rings. The number of aromatic amines is 1. The van der Waals surface area contributed by atoms with Gasteiger partial charge in [0, 0.05) is 5.56 Å². The number of hydrogen-bond acceptors (Lipinski definition) is 7. The predicted molar refractivity (Wildman–Crippen MR) is 181 cm³/mol. The molecule has 0 radical (unpaired) electrons. The van der Waals surface area contributed by atoms with Crippen LogP contribution >= 0.6 is 0 Å². The lowest BCUT2D eigenvalue weighted by molar-refractivity contribution is -0.165. The summed E-state index contributed by atoms with van der Waals surface area (Å²) in [5, 5.41) is 26.4. The molecule has 0 saturated heterocycles. The lowest BCUT2D eigenvalue weighted by Crippen LogP contribution is -2.46. The largest absolute Gasteiger partial charge is 0.479 e. The Hall–Kier alpha value is -5.54. The van der Waals surface area contributed by atoms with E-state index in [1.54, 1.807) is 37.3 Å². The smallest absolute Gasteiger partial charge is 0.341 e. The normalized spacial score (nSPS) is 11.7. The first-order valence-corrected chi connectivity index (χ1v) is 14.8. The minimum atomic E-state index is -3.07. The second kappa shape index (κ2) is 19.5. The number of benzene rings is 4. The first-order chi connectivity index (χ1) is 23.4. The van der Waals surface area contributed by atoms with Crippen molar-refractivity contribution in [1.82, 2.24) is 10.2 Å². The summed E-state index contributed by atoms with van der Waals surface area (Å²) >= 11 is 0. The summed E-state index contributed by atoms with van der Waals surface area (Å²) in [5.41, 5.74) is -3.41.